The Morgan fingerprint density at radius 1 is 1.43 bits per heavy atom. The molecule has 2 heterocycles. The van der Waals surface area contributed by atoms with Crippen molar-refractivity contribution in [1.82, 2.24) is 9.80 Å². The molecule has 2 saturated heterocycles. The van der Waals surface area contributed by atoms with E-state index < -0.39 is 0 Å². The number of benzene rings is 1. The van der Waals surface area contributed by atoms with Crippen LogP contribution in [0.5, 0.6) is 5.75 Å². The molecule has 0 radical (unpaired) electrons. The van der Waals surface area contributed by atoms with Crippen LogP contribution < -0.4 is 4.74 Å². The van der Waals surface area contributed by atoms with Crippen LogP contribution in [0.25, 0.3) is 0 Å². The molecule has 1 aromatic carbocycles. The zero-order valence-electron chi connectivity index (χ0n) is 13.6. The Morgan fingerprint density at radius 3 is 3.00 bits per heavy atom. The second kappa shape index (κ2) is 6.84. The summed E-state index contributed by atoms with van der Waals surface area (Å²) in [4.78, 5) is 16.0. The molecule has 0 N–H and O–H groups in total. The summed E-state index contributed by atoms with van der Waals surface area (Å²) in [6, 6.07) is 5.10. The molecule has 3 rings (SSSR count). The predicted molar refractivity (Wildman–Crippen MR) is 83.7 cm³/mol. The van der Waals surface area contributed by atoms with Gasteiger partial charge in [-0.3, -0.25) is 9.69 Å². The third-order valence-corrected chi connectivity index (χ3v) is 4.91. The highest BCUT2D eigenvalue weighted by molar-refractivity contribution is 5.77. The Balaban J connectivity index is 1.69. The number of rotatable bonds is 3. The number of hydrogen-bond donors (Lipinski definition) is 0. The van der Waals surface area contributed by atoms with E-state index in [-0.39, 0.29) is 24.4 Å². The molecule has 126 valence electrons. The molecule has 0 spiro atoms. The average molecular weight is 322 g/mol. The molecule has 0 aliphatic carbocycles. The van der Waals surface area contributed by atoms with Crippen molar-refractivity contribution < 1.29 is 18.7 Å². The largest absolute Gasteiger partial charge is 0.497 e. The standard InChI is InChI=1S/C17H23FN2O3/c1-19-16-9-20(6-5-13(16)10-23-11-17(19)21)8-12-3-4-14(22-2)7-15(12)18/h3-4,7,13,16H,5-6,8-11H2,1-2H3/t13-,16-/m0/s1. The van der Waals surface area contributed by atoms with Crippen LogP contribution in [0.15, 0.2) is 18.2 Å². The number of methoxy groups -OCH3 is 1. The van der Waals surface area contributed by atoms with Crippen LogP contribution in [0.3, 0.4) is 0 Å². The van der Waals surface area contributed by atoms with Gasteiger partial charge in [0.05, 0.1) is 13.7 Å². The summed E-state index contributed by atoms with van der Waals surface area (Å²) in [5.41, 5.74) is 0.656. The van der Waals surface area contributed by atoms with Gasteiger partial charge >= 0.3 is 0 Å². The number of carbonyl (C=O) groups excluding carboxylic acids is 1. The fourth-order valence-corrected chi connectivity index (χ4v) is 3.43. The van der Waals surface area contributed by atoms with Gasteiger partial charge in [-0.2, -0.15) is 0 Å². The summed E-state index contributed by atoms with van der Waals surface area (Å²) in [5, 5.41) is 0. The Morgan fingerprint density at radius 2 is 2.26 bits per heavy atom. The van der Waals surface area contributed by atoms with Crippen LogP contribution in [-0.2, 0) is 16.1 Å². The van der Waals surface area contributed by atoms with Crippen LogP contribution in [0.1, 0.15) is 12.0 Å². The lowest BCUT2D eigenvalue weighted by atomic mass is 9.91. The average Bonchev–Trinajstić information content (AvgIpc) is 2.69. The maximum Gasteiger partial charge on any atom is 0.248 e. The molecule has 1 amide bonds. The topological polar surface area (TPSA) is 42.0 Å². The molecule has 2 aliphatic rings. The summed E-state index contributed by atoms with van der Waals surface area (Å²) in [7, 11) is 3.37. The Labute approximate surface area is 136 Å². The van der Waals surface area contributed by atoms with E-state index in [0.717, 1.165) is 19.5 Å². The van der Waals surface area contributed by atoms with Crippen molar-refractivity contribution >= 4 is 5.91 Å². The van der Waals surface area contributed by atoms with E-state index in [9.17, 15) is 9.18 Å². The molecule has 1 aromatic rings. The second-order valence-electron chi connectivity index (χ2n) is 6.33. The Bertz CT molecular complexity index is 581. The van der Waals surface area contributed by atoms with Gasteiger partial charge in [0.25, 0.3) is 0 Å². The lowest BCUT2D eigenvalue weighted by molar-refractivity contribution is -0.134. The first-order valence-corrected chi connectivity index (χ1v) is 7.96. The van der Waals surface area contributed by atoms with E-state index in [1.807, 2.05) is 7.05 Å². The number of fused-ring (bicyclic) bond motifs is 1. The number of nitrogens with zero attached hydrogens (tertiary/aromatic N) is 2. The smallest absolute Gasteiger partial charge is 0.248 e. The summed E-state index contributed by atoms with van der Waals surface area (Å²) < 4.78 is 24.6. The SMILES string of the molecule is COc1ccc(CN2CC[C@H]3COCC(=O)N(C)[C@H]3C2)c(F)c1. The van der Waals surface area contributed by atoms with Crippen molar-refractivity contribution in [3.05, 3.63) is 29.6 Å². The predicted octanol–water partition coefficient (Wildman–Crippen LogP) is 1.51. The number of likely N-dealkylation sites (tertiary alicyclic amines) is 1. The number of ether oxygens (including phenoxy) is 2. The normalized spacial score (nSPS) is 25.9. The summed E-state index contributed by atoms with van der Waals surface area (Å²) in [5.74, 6) is 0.662. The third kappa shape index (κ3) is 3.48. The number of halogens is 1. The first-order valence-electron chi connectivity index (χ1n) is 7.96. The fraction of sp³-hybridized carbons (Fsp3) is 0.588. The molecular formula is C17H23FN2O3. The van der Waals surface area contributed by atoms with Gasteiger partial charge in [-0.1, -0.05) is 6.07 Å². The molecular weight excluding hydrogens is 299 g/mol. The highest BCUT2D eigenvalue weighted by Gasteiger charge is 2.36. The van der Waals surface area contributed by atoms with Gasteiger partial charge in [0.1, 0.15) is 18.2 Å². The van der Waals surface area contributed by atoms with Crippen molar-refractivity contribution in [2.24, 2.45) is 5.92 Å². The van der Waals surface area contributed by atoms with Gasteiger partial charge in [0.15, 0.2) is 0 Å². The molecule has 0 unspecified atom stereocenters. The van der Waals surface area contributed by atoms with E-state index in [0.29, 0.717) is 30.4 Å². The molecule has 23 heavy (non-hydrogen) atoms. The zero-order valence-corrected chi connectivity index (χ0v) is 13.6. The van der Waals surface area contributed by atoms with Crippen LogP contribution in [0.4, 0.5) is 4.39 Å². The number of amides is 1. The first kappa shape index (κ1) is 16.2. The van der Waals surface area contributed by atoms with Crippen molar-refractivity contribution in [3.8, 4) is 5.75 Å². The number of likely N-dealkylation sites (N-methyl/N-ethyl adjacent to an activating group) is 1. The van der Waals surface area contributed by atoms with Crippen molar-refractivity contribution in [2.45, 2.75) is 19.0 Å². The molecule has 2 fully saturated rings. The number of piperidine rings is 1. The monoisotopic (exact) mass is 322 g/mol. The van der Waals surface area contributed by atoms with Gasteiger partial charge in [-0.25, -0.2) is 4.39 Å². The van der Waals surface area contributed by atoms with E-state index in [4.69, 9.17) is 9.47 Å². The van der Waals surface area contributed by atoms with Gasteiger partial charge < -0.3 is 14.4 Å². The van der Waals surface area contributed by atoms with E-state index >= 15 is 0 Å². The first-order chi connectivity index (χ1) is 11.1. The van der Waals surface area contributed by atoms with Crippen molar-refractivity contribution in [1.29, 1.82) is 0 Å². The molecule has 0 saturated carbocycles. The maximum atomic E-state index is 14.1. The van der Waals surface area contributed by atoms with Gasteiger partial charge in [-0.05, 0) is 19.0 Å². The minimum atomic E-state index is -0.250. The van der Waals surface area contributed by atoms with Crippen molar-refractivity contribution in [3.63, 3.8) is 0 Å². The van der Waals surface area contributed by atoms with Crippen molar-refractivity contribution in [2.75, 3.05) is 40.5 Å². The minimum Gasteiger partial charge on any atom is -0.497 e. The Kier molecular flexibility index (Phi) is 4.82. The molecule has 2 aliphatic heterocycles. The summed E-state index contributed by atoms with van der Waals surface area (Å²) >= 11 is 0. The van der Waals surface area contributed by atoms with Crippen LogP contribution in [0.2, 0.25) is 0 Å². The highest BCUT2D eigenvalue weighted by Crippen LogP contribution is 2.26. The van der Waals surface area contributed by atoms with E-state index in [2.05, 4.69) is 4.90 Å². The van der Waals surface area contributed by atoms with Gasteiger partial charge in [0, 0.05) is 43.7 Å². The van der Waals surface area contributed by atoms with E-state index in [1.165, 1.54) is 13.2 Å². The molecule has 6 heteroatoms. The summed E-state index contributed by atoms with van der Waals surface area (Å²) in [6.45, 7) is 2.98. The van der Waals surface area contributed by atoms with E-state index in [1.54, 1.807) is 17.0 Å². The fourth-order valence-electron chi connectivity index (χ4n) is 3.43. The molecule has 0 aromatic heterocycles. The highest BCUT2D eigenvalue weighted by atomic mass is 19.1. The lowest BCUT2D eigenvalue weighted by Crippen LogP contribution is -2.52. The number of hydrogen-bond acceptors (Lipinski definition) is 4. The zero-order chi connectivity index (χ0) is 16.4. The summed E-state index contributed by atoms with van der Waals surface area (Å²) in [6.07, 6.45) is 0.958. The van der Waals surface area contributed by atoms with Crippen LogP contribution in [-0.4, -0.2) is 62.2 Å². The van der Waals surface area contributed by atoms with Gasteiger partial charge in [0.2, 0.25) is 5.91 Å². The third-order valence-electron chi connectivity index (χ3n) is 4.91. The number of carbonyl (C=O) groups is 1. The minimum absolute atomic E-state index is 0.0231. The second-order valence-corrected chi connectivity index (χ2v) is 6.33. The lowest BCUT2D eigenvalue weighted by Gasteiger charge is -2.41. The Hall–Kier alpha value is -1.66. The quantitative estimate of drug-likeness (QED) is 0.846. The van der Waals surface area contributed by atoms with Gasteiger partial charge in [-0.15, -0.1) is 0 Å². The van der Waals surface area contributed by atoms with Crippen LogP contribution >= 0.6 is 0 Å². The molecule has 5 nitrogen and oxygen atoms in total. The molecule has 2 atom stereocenters. The molecule has 0 bridgehead atoms. The maximum absolute atomic E-state index is 14.1. The van der Waals surface area contributed by atoms with Crippen LogP contribution in [0, 0.1) is 11.7 Å².